The molecule has 21 heavy (non-hydrogen) atoms. The minimum absolute atomic E-state index is 0.156. The lowest BCUT2D eigenvalue weighted by Crippen LogP contribution is -2.19. The van der Waals surface area contributed by atoms with E-state index in [1.54, 1.807) is 6.07 Å². The minimum Gasteiger partial charge on any atom is -0.478 e. The molecule has 1 atom stereocenters. The fourth-order valence-electron chi connectivity index (χ4n) is 2.02. The van der Waals surface area contributed by atoms with E-state index >= 15 is 0 Å². The highest BCUT2D eigenvalue weighted by molar-refractivity contribution is 5.97. The Morgan fingerprint density at radius 3 is 2.38 bits per heavy atom. The van der Waals surface area contributed by atoms with Crippen molar-refractivity contribution in [2.45, 2.75) is 19.8 Å². The predicted octanol–water partition coefficient (Wildman–Crippen LogP) is 3.44. The lowest BCUT2D eigenvalue weighted by atomic mass is 10.00. The molecule has 0 saturated carbocycles. The van der Waals surface area contributed by atoms with Gasteiger partial charge >= 0.3 is 5.97 Å². The van der Waals surface area contributed by atoms with Crippen LogP contribution in [0.25, 0.3) is 0 Å². The number of hydrogen-bond acceptors (Lipinski definition) is 2. The summed E-state index contributed by atoms with van der Waals surface area (Å²) in [5.74, 6) is -1.48. The van der Waals surface area contributed by atoms with Crippen molar-refractivity contribution in [3.63, 3.8) is 0 Å². The van der Waals surface area contributed by atoms with Gasteiger partial charge in [0.2, 0.25) is 5.91 Å². The van der Waals surface area contributed by atoms with E-state index in [1.807, 2.05) is 44.2 Å². The predicted molar refractivity (Wildman–Crippen MR) is 81.6 cm³/mol. The van der Waals surface area contributed by atoms with Crippen molar-refractivity contribution in [2.24, 2.45) is 0 Å². The maximum absolute atomic E-state index is 12.3. The van der Waals surface area contributed by atoms with Crippen molar-refractivity contribution in [1.29, 1.82) is 0 Å². The summed E-state index contributed by atoms with van der Waals surface area (Å²) in [6.45, 7) is 3.65. The molecule has 0 saturated heterocycles. The molecule has 2 aromatic carbocycles. The number of carbonyl (C=O) groups is 2. The second kappa shape index (κ2) is 6.22. The number of hydrogen-bond donors (Lipinski definition) is 2. The number of aryl methyl sites for hydroxylation is 1. The lowest BCUT2D eigenvalue weighted by molar-refractivity contribution is -0.117. The zero-order chi connectivity index (χ0) is 15.4. The van der Waals surface area contributed by atoms with Crippen LogP contribution in [0, 0.1) is 6.92 Å². The summed E-state index contributed by atoms with van der Waals surface area (Å²) in [5.41, 5.74) is 2.43. The Kier molecular flexibility index (Phi) is 4.38. The zero-order valence-electron chi connectivity index (χ0n) is 12.0. The first-order chi connectivity index (χ1) is 9.99. The quantitative estimate of drug-likeness (QED) is 0.903. The largest absolute Gasteiger partial charge is 0.478 e. The van der Waals surface area contributed by atoms with E-state index in [1.165, 1.54) is 12.1 Å². The molecule has 0 radical (unpaired) electrons. The molecule has 0 aliphatic rings. The van der Waals surface area contributed by atoms with E-state index < -0.39 is 5.97 Å². The zero-order valence-corrected chi connectivity index (χ0v) is 12.0. The van der Waals surface area contributed by atoms with Crippen LogP contribution < -0.4 is 5.32 Å². The summed E-state index contributed by atoms with van der Waals surface area (Å²) in [6, 6.07) is 14.1. The molecular formula is C17H17NO3. The second-order valence-corrected chi connectivity index (χ2v) is 4.96. The minimum atomic E-state index is -1.01. The van der Waals surface area contributed by atoms with Crippen LogP contribution in [0.2, 0.25) is 0 Å². The van der Waals surface area contributed by atoms with Crippen molar-refractivity contribution in [1.82, 2.24) is 0 Å². The van der Waals surface area contributed by atoms with E-state index in [2.05, 4.69) is 5.32 Å². The van der Waals surface area contributed by atoms with Crippen LogP contribution in [0.4, 0.5) is 5.69 Å². The van der Waals surface area contributed by atoms with E-state index in [0.717, 1.165) is 11.1 Å². The number of carbonyl (C=O) groups excluding carboxylic acids is 1. The third kappa shape index (κ3) is 3.48. The maximum atomic E-state index is 12.3. The van der Waals surface area contributed by atoms with E-state index in [9.17, 15) is 9.59 Å². The highest BCUT2D eigenvalue weighted by atomic mass is 16.4. The molecule has 2 aromatic rings. The van der Waals surface area contributed by atoms with Crippen LogP contribution in [0.1, 0.15) is 34.3 Å². The van der Waals surface area contributed by atoms with Gasteiger partial charge in [0.05, 0.1) is 11.5 Å². The Hall–Kier alpha value is -2.62. The van der Waals surface area contributed by atoms with Gasteiger partial charge < -0.3 is 10.4 Å². The highest BCUT2D eigenvalue weighted by Crippen LogP contribution is 2.21. The second-order valence-electron chi connectivity index (χ2n) is 4.96. The SMILES string of the molecule is Cc1ccc(C(=O)O)cc1NC(=O)[C@@H](C)c1ccccc1. The first kappa shape index (κ1) is 14.8. The van der Waals surface area contributed by atoms with Gasteiger partial charge in [-0.25, -0.2) is 4.79 Å². The number of carboxylic acids is 1. The van der Waals surface area contributed by atoms with Crippen LogP contribution in [0.3, 0.4) is 0 Å². The van der Waals surface area contributed by atoms with Gasteiger partial charge in [0.1, 0.15) is 0 Å². The van der Waals surface area contributed by atoms with Crippen molar-refractivity contribution >= 4 is 17.6 Å². The Bertz CT molecular complexity index is 665. The first-order valence-corrected chi connectivity index (χ1v) is 6.69. The number of aromatic carboxylic acids is 1. The fourth-order valence-corrected chi connectivity index (χ4v) is 2.02. The summed E-state index contributed by atoms with van der Waals surface area (Å²) in [5, 5.41) is 11.8. The van der Waals surface area contributed by atoms with E-state index in [4.69, 9.17) is 5.11 Å². The molecule has 2 N–H and O–H groups in total. The number of anilines is 1. The van der Waals surface area contributed by atoms with Gasteiger partial charge in [0.25, 0.3) is 0 Å². The van der Waals surface area contributed by atoms with Crippen LogP contribution in [-0.4, -0.2) is 17.0 Å². The molecule has 2 rings (SSSR count). The fraction of sp³-hybridized carbons (Fsp3) is 0.176. The molecule has 0 spiro atoms. The van der Waals surface area contributed by atoms with E-state index in [0.29, 0.717) is 5.69 Å². The van der Waals surface area contributed by atoms with Gasteiger partial charge in [0.15, 0.2) is 0 Å². The van der Waals surface area contributed by atoms with Gasteiger partial charge in [-0.15, -0.1) is 0 Å². The Morgan fingerprint density at radius 2 is 1.76 bits per heavy atom. The summed E-state index contributed by atoms with van der Waals surface area (Å²) >= 11 is 0. The molecule has 0 aliphatic carbocycles. The molecule has 0 heterocycles. The summed E-state index contributed by atoms with van der Waals surface area (Å²) in [7, 11) is 0. The summed E-state index contributed by atoms with van der Waals surface area (Å²) in [4.78, 5) is 23.3. The lowest BCUT2D eigenvalue weighted by Gasteiger charge is -2.14. The number of carboxylic acid groups (broad SMARTS) is 1. The number of rotatable bonds is 4. The molecule has 4 heteroatoms. The van der Waals surface area contributed by atoms with Crippen molar-refractivity contribution in [2.75, 3.05) is 5.32 Å². The smallest absolute Gasteiger partial charge is 0.335 e. The van der Waals surface area contributed by atoms with Crippen molar-refractivity contribution in [3.8, 4) is 0 Å². The van der Waals surface area contributed by atoms with Crippen LogP contribution >= 0.6 is 0 Å². The summed E-state index contributed by atoms with van der Waals surface area (Å²) in [6.07, 6.45) is 0. The molecule has 1 amide bonds. The van der Waals surface area contributed by atoms with Gasteiger partial charge in [0, 0.05) is 5.69 Å². The number of amides is 1. The highest BCUT2D eigenvalue weighted by Gasteiger charge is 2.16. The topological polar surface area (TPSA) is 66.4 Å². The van der Waals surface area contributed by atoms with Crippen molar-refractivity contribution in [3.05, 3.63) is 65.2 Å². The Morgan fingerprint density at radius 1 is 1.10 bits per heavy atom. The molecule has 0 aromatic heterocycles. The van der Waals surface area contributed by atoms with Gasteiger partial charge in [-0.05, 0) is 37.1 Å². The standard InChI is InChI=1S/C17H17NO3/c1-11-8-9-14(17(20)21)10-15(11)18-16(19)12(2)13-6-4-3-5-7-13/h3-10,12H,1-2H3,(H,18,19)(H,20,21)/t12-/m0/s1. The Balaban J connectivity index is 2.20. The molecule has 0 unspecified atom stereocenters. The molecule has 108 valence electrons. The van der Waals surface area contributed by atoms with Gasteiger partial charge in [-0.3, -0.25) is 4.79 Å². The van der Waals surface area contributed by atoms with Crippen LogP contribution in [0.5, 0.6) is 0 Å². The Labute approximate surface area is 123 Å². The molecule has 0 fully saturated rings. The third-order valence-electron chi connectivity index (χ3n) is 3.44. The average Bonchev–Trinajstić information content (AvgIpc) is 2.49. The molecular weight excluding hydrogens is 266 g/mol. The van der Waals surface area contributed by atoms with E-state index in [-0.39, 0.29) is 17.4 Å². The first-order valence-electron chi connectivity index (χ1n) is 6.69. The molecule has 0 aliphatic heterocycles. The maximum Gasteiger partial charge on any atom is 0.335 e. The number of benzene rings is 2. The van der Waals surface area contributed by atoms with Gasteiger partial charge in [-0.2, -0.15) is 0 Å². The molecule has 0 bridgehead atoms. The monoisotopic (exact) mass is 283 g/mol. The molecule has 4 nitrogen and oxygen atoms in total. The normalized spacial score (nSPS) is 11.7. The van der Waals surface area contributed by atoms with Crippen molar-refractivity contribution < 1.29 is 14.7 Å². The summed E-state index contributed by atoms with van der Waals surface area (Å²) < 4.78 is 0. The average molecular weight is 283 g/mol. The van der Waals surface area contributed by atoms with Crippen LogP contribution in [0.15, 0.2) is 48.5 Å². The van der Waals surface area contributed by atoms with Crippen LogP contribution in [-0.2, 0) is 4.79 Å². The third-order valence-corrected chi connectivity index (χ3v) is 3.44. The number of nitrogens with one attached hydrogen (secondary N) is 1. The van der Waals surface area contributed by atoms with Gasteiger partial charge in [-0.1, -0.05) is 36.4 Å².